The van der Waals surface area contributed by atoms with E-state index in [0.29, 0.717) is 19.3 Å². The Balaban J connectivity index is 4.29. The molecule has 2 atom stereocenters. The van der Waals surface area contributed by atoms with Gasteiger partial charge in [-0.15, -0.1) is 0 Å². The van der Waals surface area contributed by atoms with Crippen LogP contribution in [-0.2, 0) is 28.6 Å². The third kappa shape index (κ3) is 59.7. The molecule has 0 N–H and O–H groups in total. The van der Waals surface area contributed by atoms with Crippen LogP contribution in [0, 0.1) is 17.8 Å². The van der Waals surface area contributed by atoms with Crippen molar-refractivity contribution in [3.05, 3.63) is 0 Å². The average Bonchev–Trinajstić information content (AvgIpc) is 3.38. The molecule has 0 aromatic heterocycles. The summed E-state index contributed by atoms with van der Waals surface area (Å²) in [4.78, 5) is 38.4. The van der Waals surface area contributed by atoms with Crippen LogP contribution in [0.2, 0.25) is 0 Å². The minimum Gasteiger partial charge on any atom is -0.462 e. The number of unbranched alkanes of at least 4 members (excludes halogenated alkanes) is 43. The fourth-order valence-corrected chi connectivity index (χ4v) is 10.6. The summed E-state index contributed by atoms with van der Waals surface area (Å²) in [6.45, 7) is 13.9. The number of hydrogen-bond donors (Lipinski definition) is 0. The maximum atomic E-state index is 12.9. The summed E-state index contributed by atoms with van der Waals surface area (Å²) in [5, 5.41) is 0. The molecule has 440 valence electrons. The highest BCUT2D eigenvalue weighted by Gasteiger charge is 2.20. The van der Waals surface area contributed by atoms with E-state index in [2.05, 4.69) is 41.5 Å². The van der Waals surface area contributed by atoms with Crippen LogP contribution in [0.3, 0.4) is 0 Å². The van der Waals surface area contributed by atoms with Crippen molar-refractivity contribution in [3.63, 3.8) is 0 Å². The Bertz CT molecular complexity index is 1150. The number of rotatable bonds is 61. The van der Waals surface area contributed by atoms with Crippen molar-refractivity contribution in [3.8, 4) is 0 Å². The van der Waals surface area contributed by atoms with Gasteiger partial charge in [-0.05, 0) is 37.0 Å². The van der Waals surface area contributed by atoms with Crippen molar-refractivity contribution >= 4 is 17.9 Å². The smallest absolute Gasteiger partial charge is 0.306 e. The monoisotopic (exact) mass is 1050 g/mol. The Labute approximate surface area is 463 Å². The fraction of sp³-hybridized carbons (Fsp3) is 0.956. The van der Waals surface area contributed by atoms with E-state index < -0.39 is 6.10 Å². The molecule has 0 spiro atoms. The molecule has 0 aliphatic rings. The predicted octanol–water partition coefficient (Wildman–Crippen LogP) is 22.6. The zero-order valence-electron chi connectivity index (χ0n) is 51.1. The summed E-state index contributed by atoms with van der Waals surface area (Å²) in [5.41, 5.74) is 0. The highest BCUT2D eigenvalue weighted by Crippen LogP contribution is 2.20. The number of hydrogen-bond acceptors (Lipinski definition) is 6. The van der Waals surface area contributed by atoms with E-state index in [1.165, 1.54) is 263 Å². The van der Waals surface area contributed by atoms with Gasteiger partial charge in [-0.1, -0.05) is 343 Å². The largest absolute Gasteiger partial charge is 0.462 e. The lowest BCUT2D eigenvalue weighted by molar-refractivity contribution is -0.167. The zero-order chi connectivity index (χ0) is 54.1. The highest BCUT2D eigenvalue weighted by atomic mass is 16.6. The molecule has 0 radical (unpaired) electrons. The minimum atomic E-state index is -0.765. The predicted molar refractivity (Wildman–Crippen MR) is 321 cm³/mol. The second-order valence-corrected chi connectivity index (χ2v) is 24.7. The molecular formula is C68H132O6. The first kappa shape index (κ1) is 72.4. The molecule has 74 heavy (non-hydrogen) atoms. The van der Waals surface area contributed by atoms with E-state index in [1.54, 1.807) is 0 Å². The second kappa shape index (κ2) is 59.1. The Kier molecular flexibility index (Phi) is 57.8. The van der Waals surface area contributed by atoms with E-state index in [4.69, 9.17) is 14.2 Å². The number of ether oxygens (including phenoxy) is 3. The van der Waals surface area contributed by atoms with Crippen LogP contribution in [-0.4, -0.2) is 37.2 Å². The average molecular weight is 1050 g/mol. The van der Waals surface area contributed by atoms with Crippen molar-refractivity contribution in [2.24, 2.45) is 17.8 Å². The summed E-state index contributed by atoms with van der Waals surface area (Å²) in [6.07, 6.45) is 65.3. The van der Waals surface area contributed by atoms with Gasteiger partial charge in [0.15, 0.2) is 6.10 Å². The Hall–Kier alpha value is -1.59. The van der Waals surface area contributed by atoms with E-state index in [1.807, 2.05) is 0 Å². The van der Waals surface area contributed by atoms with Gasteiger partial charge < -0.3 is 14.2 Å². The van der Waals surface area contributed by atoms with Crippen molar-refractivity contribution in [1.82, 2.24) is 0 Å². The molecule has 6 nitrogen and oxygen atoms in total. The van der Waals surface area contributed by atoms with Crippen LogP contribution in [0.1, 0.15) is 382 Å². The van der Waals surface area contributed by atoms with E-state index in [9.17, 15) is 14.4 Å². The van der Waals surface area contributed by atoms with Crippen LogP contribution >= 0.6 is 0 Å². The quantitative estimate of drug-likeness (QED) is 0.0343. The molecule has 0 saturated heterocycles. The van der Waals surface area contributed by atoms with Crippen LogP contribution in [0.15, 0.2) is 0 Å². The molecule has 1 unspecified atom stereocenters. The van der Waals surface area contributed by atoms with Gasteiger partial charge >= 0.3 is 17.9 Å². The Morgan fingerprint density at radius 3 is 0.703 bits per heavy atom. The molecule has 0 aliphatic carbocycles. The molecule has 0 fully saturated rings. The van der Waals surface area contributed by atoms with Crippen molar-refractivity contribution in [2.45, 2.75) is 388 Å². The summed E-state index contributed by atoms with van der Waals surface area (Å²) < 4.78 is 17.0. The summed E-state index contributed by atoms with van der Waals surface area (Å²) in [6, 6.07) is 0. The molecule has 0 aromatic carbocycles. The van der Waals surface area contributed by atoms with Gasteiger partial charge in [0.2, 0.25) is 0 Å². The van der Waals surface area contributed by atoms with Gasteiger partial charge in [-0.2, -0.15) is 0 Å². The van der Waals surface area contributed by atoms with E-state index in [-0.39, 0.29) is 31.1 Å². The summed E-state index contributed by atoms with van der Waals surface area (Å²) >= 11 is 0. The first-order valence-electron chi connectivity index (χ1n) is 33.6. The van der Waals surface area contributed by atoms with Crippen LogP contribution in [0.25, 0.3) is 0 Å². The zero-order valence-corrected chi connectivity index (χ0v) is 51.1. The van der Waals surface area contributed by atoms with E-state index in [0.717, 1.165) is 75.5 Å². The Morgan fingerprint density at radius 2 is 0.473 bits per heavy atom. The Morgan fingerprint density at radius 1 is 0.270 bits per heavy atom. The summed E-state index contributed by atoms with van der Waals surface area (Å²) in [7, 11) is 0. The lowest BCUT2D eigenvalue weighted by Crippen LogP contribution is -2.30. The standard InChI is InChI=1S/C68H132O6/c1-7-64(6)56-50-44-38-32-26-20-16-17-22-28-34-40-46-52-58-67(70)73-61-65(74-68(71)59-53-47-41-35-29-23-15-11-9-13-19-25-31-37-43-49-55-63(4)5)60-72-66(69)57-51-45-39-33-27-21-14-10-8-12-18-24-30-36-42-48-54-62(2)3/h62-65H,7-61H2,1-6H3/t64?,65-/m0/s1. The highest BCUT2D eigenvalue weighted by molar-refractivity contribution is 5.71. The number of esters is 3. The normalized spacial score (nSPS) is 12.5. The first-order chi connectivity index (χ1) is 36.1. The molecule has 0 aromatic rings. The van der Waals surface area contributed by atoms with Crippen LogP contribution in [0.5, 0.6) is 0 Å². The van der Waals surface area contributed by atoms with Gasteiger partial charge in [-0.3, -0.25) is 14.4 Å². The lowest BCUT2D eigenvalue weighted by atomic mass is 9.99. The molecule has 0 bridgehead atoms. The summed E-state index contributed by atoms with van der Waals surface area (Å²) in [5.74, 6) is 1.77. The maximum absolute atomic E-state index is 12.9. The fourth-order valence-electron chi connectivity index (χ4n) is 10.6. The van der Waals surface area contributed by atoms with Gasteiger partial charge in [0.1, 0.15) is 13.2 Å². The van der Waals surface area contributed by atoms with Crippen LogP contribution < -0.4 is 0 Å². The topological polar surface area (TPSA) is 78.9 Å². The van der Waals surface area contributed by atoms with Gasteiger partial charge in [0.05, 0.1) is 0 Å². The molecule has 6 heteroatoms. The second-order valence-electron chi connectivity index (χ2n) is 24.7. The minimum absolute atomic E-state index is 0.0621. The van der Waals surface area contributed by atoms with Gasteiger partial charge in [0.25, 0.3) is 0 Å². The van der Waals surface area contributed by atoms with Crippen molar-refractivity contribution < 1.29 is 28.6 Å². The third-order valence-corrected chi connectivity index (χ3v) is 16.0. The van der Waals surface area contributed by atoms with Crippen LogP contribution in [0.4, 0.5) is 0 Å². The SMILES string of the molecule is CCC(C)CCCCCCCCCCCCCCCCC(=O)OC[C@H](COC(=O)CCCCCCCCCCCCCCCCCCC(C)C)OC(=O)CCCCCCCCCCCCCCCCCCC(C)C. The number of carbonyl (C=O) groups excluding carboxylic acids is 3. The van der Waals surface area contributed by atoms with Gasteiger partial charge in [0, 0.05) is 19.3 Å². The van der Waals surface area contributed by atoms with Crippen molar-refractivity contribution in [2.75, 3.05) is 13.2 Å². The first-order valence-corrected chi connectivity index (χ1v) is 33.6. The third-order valence-electron chi connectivity index (χ3n) is 16.0. The molecule has 0 rings (SSSR count). The van der Waals surface area contributed by atoms with Crippen molar-refractivity contribution in [1.29, 1.82) is 0 Å². The molecule has 0 aliphatic heterocycles. The van der Waals surface area contributed by atoms with E-state index >= 15 is 0 Å². The lowest BCUT2D eigenvalue weighted by Gasteiger charge is -2.18. The molecule has 0 amide bonds. The number of carbonyl (C=O) groups is 3. The molecule has 0 saturated carbocycles. The molecular weight excluding hydrogens is 913 g/mol. The molecule has 0 heterocycles. The maximum Gasteiger partial charge on any atom is 0.306 e. The van der Waals surface area contributed by atoms with Gasteiger partial charge in [-0.25, -0.2) is 0 Å².